The van der Waals surface area contributed by atoms with Gasteiger partial charge in [-0.3, -0.25) is 19.4 Å². The first-order chi connectivity index (χ1) is 33.7. The van der Waals surface area contributed by atoms with Crippen LogP contribution in [-0.4, -0.2) is 137 Å². The van der Waals surface area contributed by atoms with Gasteiger partial charge in [-0.25, -0.2) is 13.6 Å². The molecule has 1 saturated carbocycles. The van der Waals surface area contributed by atoms with Gasteiger partial charge in [0.25, 0.3) is 5.91 Å². The monoisotopic (exact) mass is 943 g/mol. The van der Waals surface area contributed by atoms with E-state index in [0.717, 1.165) is 50.2 Å². The van der Waals surface area contributed by atoms with Gasteiger partial charge >= 0.3 is 12.1 Å². The van der Waals surface area contributed by atoms with Crippen LogP contribution in [-0.2, 0) is 40.3 Å². The predicted octanol–water partition coefficient (Wildman–Crippen LogP) is 7.00. The molecule has 3 saturated heterocycles. The smallest absolute Gasteiger partial charge is 0.410 e. The van der Waals surface area contributed by atoms with E-state index >= 15 is 8.78 Å². The summed E-state index contributed by atoms with van der Waals surface area (Å²) in [5.74, 6) is -0.475. The minimum absolute atomic E-state index is 0.0152. The third-order valence-corrected chi connectivity index (χ3v) is 14.3. The maximum Gasteiger partial charge on any atom is 0.410 e. The number of carbonyl (C=O) groups is 2. The number of methoxy groups -OCH3 is 1. The fourth-order valence-electron chi connectivity index (χ4n) is 10.4. The van der Waals surface area contributed by atoms with Crippen LogP contribution >= 0.6 is 0 Å². The fourth-order valence-corrected chi connectivity index (χ4v) is 10.4. The van der Waals surface area contributed by atoms with Gasteiger partial charge in [-0.2, -0.15) is 15.1 Å². The van der Waals surface area contributed by atoms with Crippen LogP contribution in [0.2, 0.25) is 0 Å². The Kier molecular flexibility index (Phi) is 12.2. The molecular formula is C51H55F2N9O7. The molecule has 4 aliphatic heterocycles. The highest BCUT2D eigenvalue weighted by Crippen LogP contribution is 2.48. The van der Waals surface area contributed by atoms with Crippen molar-refractivity contribution in [3.05, 3.63) is 101 Å². The van der Waals surface area contributed by atoms with Crippen LogP contribution in [0.1, 0.15) is 59.9 Å². The number of aryl methyl sites for hydroxylation is 2. The van der Waals surface area contributed by atoms with Crippen LogP contribution in [0.3, 0.4) is 0 Å². The SMILES string of the molecule is CCc1c(F)ccc2cc(OCOC)cc(-c3ncc4c(N5CCCn6nc(C(=O)N7CCN(C(=O)OCc8ccccc8)CC7)cc6C5)nc(OCC5(CN6CC7C[C@H]6CO7)CC5)nc4c3F)c12. The normalized spacial score (nSPS) is 19.8. The molecule has 7 heterocycles. The second-order valence-electron chi connectivity index (χ2n) is 18.9. The zero-order valence-corrected chi connectivity index (χ0v) is 38.9. The van der Waals surface area contributed by atoms with Gasteiger partial charge in [0.2, 0.25) is 0 Å². The third kappa shape index (κ3) is 9.00. The molecular weight excluding hydrogens is 889 g/mol. The summed E-state index contributed by atoms with van der Waals surface area (Å²) in [6.45, 7) is 7.68. The molecule has 360 valence electrons. The number of aromatic nitrogens is 5. The number of nitrogens with zero attached hydrogens (tertiary/aromatic N) is 9. The number of morpholine rings is 1. The molecule has 11 rings (SSSR count). The van der Waals surface area contributed by atoms with E-state index in [2.05, 4.69) is 4.90 Å². The lowest BCUT2D eigenvalue weighted by Gasteiger charge is -2.33. The van der Waals surface area contributed by atoms with E-state index in [1.807, 2.05) is 46.8 Å². The second-order valence-corrected chi connectivity index (χ2v) is 18.9. The summed E-state index contributed by atoms with van der Waals surface area (Å²) in [7, 11) is 1.51. The molecule has 3 aromatic carbocycles. The predicted molar refractivity (Wildman–Crippen MR) is 251 cm³/mol. The van der Waals surface area contributed by atoms with E-state index < -0.39 is 17.7 Å². The first-order valence-corrected chi connectivity index (χ1v) is 23.9. The van der Waals surface area contributed by atoms with Gasteiger partial charge in [-0.1, -0.05) is 43.3 Å². The largest absolute Gasteiger partial charge is 0.468 e. The van der Waals surface area contributed by atoms with Crippen molar-refractivity contribution in [3.8, 4) is 23.0 Å². The van der Waals surface area contributed by atoms with Crippen molar-refractivity contribution in [2.75, 3.05) is 77.8 Å². The average Bonchev–Trinajstić information content (AvgIpc) is 3.63. The van der Waals surface area contributed by atoms with Crippen molar-refractivity contribution in [2.24, 2.45) is 5.41 Å². The first-order valence-electron chi connectivity index (χ1n) is 23.9. The maximum absolute atomic E-state index is 17.6. The minimum atomic E-state index is -0.705. The van der Waals surface area contributed by atoms with E-state index in [0.29, 0.717) is 116 Å². The average molecular weight is 944 g/mol. The molecule has 0 N–H and O–H groups in total. The van der Waals surface area contributed by atoms with Crippen molar-refractivity contribution in [3.63, 3.8) is 0 Å². The van der Waals surface area contributed by atoms with Crippen LogP contribution in [0.5, 0.6) is 11.8 Å². The quantitative estimate of drug-likeness (QED) is 0.103. The number of benzene rings is 3. The van der Waals surface area contributed by atoms with E-state index in [-0.39, 0.29) is 48.0 Å². The molecule has 18 heteroatoms. The van der Waals surface area contributed by atoms with Crippen molar-refractivity contribution < 1.29 is 42.1 Å². The van der Waals surface area contributed by atoms with Crippen molar-refractivity contribution in [1.82, 2.24) is 39.4 Å². The molecule has 5 aliphatic rings. The Hall–Kier alpha value is -6.50. The van der Waals surface area contributed by atoms with Gasteiger partial charge in [0, 0.05) is 82.7 Å². The van der Waals surface area contributed by atoms with Crippen LogP contribution < -0.4 is 14.4 Å². The number of fused-ring (bicyclic) bond motifs is 5. The summed E-state index contributed by atoms with van der Waals surface area (Å²) in [6, 6.07) is 18.3. The van der Waals surface area contributed by atoms with Crippen molar-refractivity contribution >= 4 is 39.5 Å². The lowest BCUT2D eigenvalue weighted by Crippen LogP contribution is -2.50. The number of hydrogen-bond donors (Lipinski definition) is 0. The number of hydrogen-bond acceptors (Lipinski definition) is 13. The summed E-state index contributed by atoms with van der Waals surface area (Å²) in [5, 5.41) is 6.34. The lowest BCUT2D eigenvalue weighted by molar-refractivity contribution is 0.0176. The van der Waals surface area contributed by atoms with E-state index in [9.17, 15) is 9.59 Å². The number of likely N-dealkylation sites (tertiary alicyclic amines) is 1. The number of rotatable bonds is 14. The molecule has 6 aromatic rings. The summed E-state index contributed by atoms with van der Waals surface area (Å²) in [5.41, 5.74) is 2.72. The number of carbonyl (C=O) groups excluding carboxylic acids is 2. The second kappa shape index (κ2) is 18.8. The number of piperazine rings is 1. The molecule has 4 fully saturated rings. The van der Waals surface area contributed by atoms with Crippen LogP contribution in [0, 0.1) is 17.0 Å². The van der Waals surface area contributed by atoms with Crippen LogP contribution in [0.15, 0.2) is 66.9 Å². The zero-order chi connectivity index (χ0) is 47.2. The molecule has 69 heavy (non-hydrogen) atoms. The van der Waals surface area contributed by atoms with E-state index in [1.54, 1.807) is 40.3 Å². The van der Waals surface area contributed by atoms with E-state index in [1.165, 1.54) is 13.2 Å². The summed E-state index contributed by atoms with van der Waals surface area (Å²) < 4.78 is 63.9. The molecule has 2 bridgehead atoms. The molecule has 0 radical (unpaired) electrons. The molecule has 3 aromatic heterocycles. The Labute approximate surface area is 398 Å². The third-order valence-electron chi connectivity index (χ3n) is 14.3. The number of pyridine rings is 1. The number of amides is 2. The summed E-state index contributed by atoms with van der Waals surface area (Å²) in [4.78, 5) is 49.2. The van der Waals surface area contributed by atoms with Gasteiger partial charge in [-0.15, -0.1) is 0 Å². The molecule has 16 nitrogen and oxygen atoms in total. The zero-order valence-electron chi connectivity index (χ0n) is 38.9. The number of halogens is 2. The van der Waals surface area contributed by atoms with Crippen molar-refractivity contribution in [1.29, 1.82) is 0 Å². The molecule has 1 aliphatic carbocycles. The molecule has 2 amide bonds. The van der Waals surface area contributed by atoms with Crippen molar-refractivity contribution in [2.45, 2.75) is 70.9 Å². The Morgan fingerprint density at radius 1 is 0.942 bits per heavy atom. The van der Waals surface area contributed by atoms with Crippen LogP contribution in [0.4, 0.5) is 19.4 Å². The highest BCUT2D eigenvalue weighted by molar-refractivity contribution is 6.02. The lowest BCUT2D eigenvalue weighted by atomic mass is 9.94. The van der Waals surface area contributed by atoms with Crippen LogP contribution in [0.25, 0.3) is 32.9 Å². The highest BCUT2D eigenvalue weighted by Gasteiger charge is 2.49. The number of ether oxygens (including phenoxy) is 5. The first kappa shape index (κ1) is 45.0. The topological polar surface area (TPSA) is 150 Å². The fraction of sp³-hybridized carbons (Fsp3) is 0.451. The Balaban J connectivity index is 0.890. The Bertz CT molecular complexity index is 2910. The Morgan fingerprint density at radius 2 is 1.77 bits per heavy atom. The summed E-state index contributed by atoms with van der Waals surface area (Å²) in [6.07, 6.45) is 5.53. The molecule has 2 atom stereocenters. The van der Waals surface area contributed by atoms with Gasteiger partial charge < -0.3 is 38.4 Å². The van der Waals surface area contributed by atoms with Gasteiger partial charge in [0.1, 0.15) is 35.2 Å². The highest BCUT2D eigenvalue weighted by atomic mass is 19.1. The van der Waals surface area contributed by atoms with E-state index in [4.69, 9.17) is 43.7 Å². The standard InChI is InChI=1S/C51H55F2N9O7/c1-3-38-41(52)11-10-33-20-36(69-31-65-2)23-39(43(33)38)45-44(53)46-40(24-54-45)47(56-49(55-46)68-30-51(12-13-51)29-61-26-37-21-35(61)28-66-37)60-14-7-15-62-34(25-60)22-42(57-62)48(63)58-16-18-59(19-17-58)50(64)67-27-32-8-5-4-6-9-32/h4-6,8-11,20,22-24,35,37H,3,7,12-19,21,25-31H2,1-2H3/t35-,37?/m0/s1. The Morgan fingerprint density at radius 3 is 2.52 bits per heavy atom. The van der Waals surface area contributed by atoms with Gasteiger partial charge in [0.15, 0.2) is 18.3 Å². The summed E-state index contributed by atoms with van der Waals surface area (Å²) >= 11 is 0. The van der Waals surface area contributed by atoms with Gasteiger partial charge in [0.05, 0.1) is 36.9 Å². The minimum Gasteiger partial charge on any atom is -0.468 e. The maximum atomic E-state index is 17.6. The molecule has 1 unspecified atom stereocenters. The number of anilines is 1. The van der Waals surface area contributed by atoms with Gasteiger partial charge in [-0.05, 0) is 78.3 Å². The molecule has 0 spiro atoms.